The summed E-state index contributed by atoms with van der Waals surface area (Å²) in [6.45, 7) is 2.27. The van der Waals surface area contributed by atoms with Gasteiger partial charge in [0.25, 0.3) is 0 Å². The molecule has 3 aromatic carbocycles. The third-order valence-electron chi connectivity index (χ3n) is 4.91. The maximum atomic E-state index is 3.55. The van der Waals surface area contributed by atoms with Crippen molar-refractivity contribution in [1.82, 2.24) is 0 Å². The molecular formula is C24H29N. The minimum absolute atomic E-state index is 0.594. The Morgan fingerprint density at radius 1 is 0.680 bits per heavy atom. The monoisotopic (exact) mass is 331 g/mol. The average molecular weight is 332 g/mol. The van der Waals surface area contributed by atoms with Gasteiger partial charge in [-0.2, -0.15) is 0 Å². The highest BCUT2D eigenvalue weighted by molar-refractivity contribution is 5.82. The smallest absolute Gasteiger partial charge is 0.0513 e. The molecule has 130 valence electrons. The molecule has 0 fully saturated rings. The molecule has 1 heteroatoms. The number of hydrogen-bond donors (Lipinski definition) is 1. The molecule has 1 N–H and O–H groups in total. The number of nitrogens with one attached hydrogen (secondary N) is 1. The fourth-order valence-electron chi connectivity index (χ4n) is 3.42. The number of fused-ring (bicyclic) bond motifs is 4. The van der Waals surface area contributed by atoms with E-state index in [0.29, 0.717) is 6.04 Å². The Balaban J connectivity index is 0.000000157. The second-order valence-electron chi connectivity index (χ2n) is 6.87. The van der Waals surface area contributed by atoms with Gasteiger partial charge in [0.15, 0.2) is 0 Å². The topological polar surface area (TPSA) is 12.0 Å². The Morgan fingerprint density at radius 2 is 1.24 bits per heavy atom. The second kappa shape index (κ2) is 9.27. The van der Waals surface area contributed by atoms with E-state index in [4.69, 9.17) is 0 Å². The van der Waals surface area contributed by atoms with E-state index in [1.54, 1.807) is 0 Å². The molecule has 1 nitrogen and oxygen atoms in total. The predicted octanol–water partition coefficient (Wildman–Crippen LogP) is 7.35. The van der Waals surface area contributed by atoms with Crippen molar-refractivity contribution < 1.29 is 0 Å². The van der Waals surface area contributed by atoms with Crippen LogP contribution in [0.3, 0.4) is 0 Å². The third kappa shape index (κ3) is 5.09. The first kappa shape index (κ1) is 17.5. The van der Waals surface area contributed by atoms with Gasteiger partial charge in [0.1, 0.15) is 0 Å². The first-order chi connectivity index (χ1) is 12.4. The highest BCUT2D eigenvalue weighted by Crippen LogP contribution is 2.30. The molecule has 0 saturated carbocycles. The van der Waals surface area contributed by atoms with Crippen LogP contribution in [0, 0.1) is 0 Å². The van der Waals surface area contributed by atoms with Crippen molar-refractivity contribution in [2.45, 2.75) is 51.5 Å². The molecule has 0 radical (unpaired) electrons. The zero-order valence-electron chi connectivity index (χ0n) is 15.2. The molecule has 1 unspecified atom stereocenters. The summed E-state index contributed by atoms with van der Waals surface area (Å²) in [6, 6.07) is 26.2. The van der Waals surface area contributed by atoms with Crippen LogP contribution in [-0.4, -0.2) is 0 Å². The van der Waals surface area contributed by atoms with Gasteiger partial charge < -0.3 is 5.32 Å². The lowest BCUT2D eigenvalue weighted by Gasteiger charge is -2.25. The molecular weight excluding hydrogens is 302 g/mol. The average Bonchev–Trinajstić information content (AvgIpc) is 2.69. The summed E-state index contributed by atoms with van der Waals surface area (Å²) in [4.78, 5) is 0. The Bertz CT molecular complexity index is 695. The quantitative estimate of drug-likeness (QED) is 0.465. The fraction of sp³-hybridized carbons (Fsp3) is 0.333. The molecule has 0 aliphatic carbocycles. The van der Waals surface area contributed by atoms with Crippen LogP contribution in [0.25, 0.3) is 10.8 Å². The zero-order valence-corrected chi connectivity index (χ0v) is 15.2. The molecule has 5 rings (SSSR count). The number of hydrogen-bond acceptors (Lipinski definition) is 1. The van der Waals surface area contributed by atoms with E-state index in [-0.39, 0.29) is 0 Å². The van der Waals surface area contributed by atoms with Gasteiger partial charge in [-0.15, -0.1) is 0 Å². The molecule has 1 atom stereocenters. The van der Waals surface area contributed by atoms with E-state index < -0.39 is 0 Å². The standard InChI is InChI=1S/C14H21N.C10H8/c1-2-3-4-5-6-7-14-12-8-10-13(15-14)11-9-12;1-2-6-10-8-4-3-7-9(10)5-1/h8-11,14-15H,2-7H2,1H3;1-8H. The van der Waals surface area contributed by atoms with E-state index >= 15 is 0 Å². The van der Waals surface area contributed by atoms with Gasteiger partial charge in [-0.3, -0.25) is 0 Å². The number of unbranched alkanes of at least 4 members (excludes halogenated alkanes) is 4. The van der Waals surface area contributed by atoms with Crippen molar-refractivity contribution in [3.8, 4) is 0 Å². The van der Waals surface area contributed by atoms with E-state index in [1.807, 2.05) is 0 Å². The van der Waals surface area contributed by atoms with Crippen LogP contribution in [0.1, 0.15) is 57.1 Å². The second-order valence-corrected chi connectivity index (χ2v) is 6.87. The van der Waals surface area contributed by atoms with E-state index in [2.05, 4.69) is 85.0 Å². The maximum Gasteiger partial charge on any atom is 0.0513 e. The first-order valence-corrected chi connectivity index (χ1v) is 9.67. The van der Waals surface area contributed by atoms with Gasteiger partial charge in [0.05, 0.1) is 6.04 Å². The molecule has 2 heterocycles. The van der Waals surface area contributed by atoms with Crippen LogP contribution >= 0.6 is 0 Å². The largest absolute Gasteiger partial charge is 0.378 e. The van der Waals surface area contributed by atoms with Crippen LogP contribution in [0.4, 0.5) is 5.69 Å². The number of benzene rings is 3. The Kier molecular flexibility index (Phi) is 6.50. The normalized spacial score (nSPS) is 14.7. The molecule has 3 aromatic rings. The van der Waals surface area contributed by atoms with Crippen molar-refractivity contribution in [3.63, 3.8) is 0 Å². The number of anilines is 1. The molecule has 0 spiro atoms. The number of rotatable bonds is 6. The van der Waals surface area contributed by atoms with Gasteiger partial charge >= 0.3 is 0 Å². The van der Waals surface area contributed by atoms with Crippen LogP contribution < -0.4 is 5.32 Å². The molecule has 0 saturated heterocycles. The van der Waals surface area contributed by atoms with E-state index in [0.717, 1.165) is 0 Å². The van der Waals surface area contributed by atoms with Gasteiger partial charge in [-0.05, 0) is 34.9 Å². The summed E-state index contributed by atoms with van der Waals surface area (Å²) in [5.74, 6) is 0. The molecule has 25 heavy (non-hydrogen) atoms. The fourth-order valence-corrected chi connectivity index (χ4v) is 3.42. The Labute approximate surface area is 152 Å². The summed E-state index contributed by atoms with van der Waals surface area (Å²) in [5.41, 5.74) is 2.74. The Hall–Kier alpha value is -2.28. The maximum absolute atomic E-state index is 3.55. The molecule has 2 aliphatic rings. The van der Waals surface area contributed by atoms with E-state index in [9.17, 15) is 0 Å². The highest BCUT2D eigenvalue weighted by Gasteiger charge is 2.15. The lowest BCUT2D eigenvalue weighted by molar-refractivity contribution is 0.569. The minimum Gasteiger partial charge on any atom is -0.378 e. The SMILES string of the molecule is CCCCCCCC1Nc2ccc1cc2.c1ccc2ccccc2c1. The van der Waals surface area contributed by atoms with Gasteiger partial charge in [0.2, 0.25) is 0 Å². The summed E-state index contributed by atoms with van der Waals surface area (Å²) in [7, 11) is 0. The summed E-state index contributed by atoms with van der Waals surface area (Å²) >= 11 is 0. The van der Waals surface area contributed by atoms with Crippen LogP contribution in [0.15, 0.2) is 72.8 Å². The zero-order chi connectivity index (χ0) is 17.3. The van der Waals surface area contributed by atoms with Crippen LogP contribution in [0.2, 0.25) is 0 Å². The molecule has 2 aliphatic heterocycles. The van der Waals surface area contributed by atoms with Crippen molar-refractivity contribution in [2.24, 2.45) is 0 Å². The van der Waals surface area contributed by atoms with Crippen molar-refractivity contribution in [2.75, 3.05) is 5.32 Å². The summed E-state index contributed by atoms with van der Waals surface area (Å²) < 4.78 is 0. The summed E-state index contributed by atoms with van der Waals surface area (Å²) in [5, 5.41) is 6.17. The molecule has 0 amide bonds. The lowest BCUT2D eigenvalue weighted by atomic mass is 9.96. The Morgan fingerprint density at radius 3 is 1.72 bits per heavy atom. The van der Waals surface area contributed by atoms with Gasteiger partial charge in [-0.25, -0.2) is 0 Å². The molecule has 0 aromatic heterocycles. The van der Waals surface area contributed by atoms with Crippen LogP contribution in [-0.2, 0) is 0 Å². The van der Waals surface area contributed by atoms with Crippen molar-refractivity contribution in [1.29, 1.82) is 0 Å². The van der Waals surface area contributed by atoms with Crippen molar-refractivity contribution >= 4 is 16.5 Å². The first-order valence-electron chi connectivity index (χ1n) is 9.67. The van der Waals surface area contributed by atoms with Gasteiger partial charge in [0, 0.05) is 5.69 Å². The lowest BCUT2D eigenvalue weighted by Crippen LogP contribution is -2.14. The van der Waals surface area contributed by atoms with E-state index in [1.165, 1.54) is 60.5 Å². The summed E-state index contributed by atoms with van der Waals surface area (Å²) in [6.07, 6.45) is 8.17. The minimum atomic E-state index is 0.594. The highest BCUT2D eigenvalue weighted by atomic mass is 14.9. The van der Waals surface area contributed by atoms with Crippen LogP contribution in [0.5, 0.6) is 0 Å². The van der Waals surface area contributed by atoms with Crippen molar-refractivity contribution in [3.05, 3.63) is 78.4 Å². The third-order valence-corrected chi connectivity index (χ3v) is 4.91. The predicted molar refractivity (Wildman–Crippen MR) is 110 cm³/mol. The molecule has 2 bridgehead atoms. The van der Waals surface area contributed by atoms with Gasteiger partial charge in [-0.1, -0.05) is 99.7 Å².